The van der Waals surface area contributed by atoms with Gasteiger partial charge in [0, 0.05) is 20.1 Å². The lowest BCUT2D eigenvalue weighted by Crippen LogP contribution is -2.51. The van der Waals surface area contributed by atoms with Crippen LogP contribution in [0.5, 0.6) is 0 Å². The maximum Gasteiger partial charge on any atom is 0.237 e. The number of nitrogens with zero attached hydrogens (tertiary/aromatic N) is 2. The number of nitrogens with one attached hydrogen (secondary N) is 1. The van der Waals surface area contributed by atoms with E-state index in [1.807, 2.05) is 22.9 Å². The van der Waals surface area contributed by atoms with E-state index in [4.69, 9.17) is 0 Å². The Labute approximate surface area is 131 Å². The smallest absolute Gasteiger partial charge is 0.237 e. The molecule has 1 unspecified atom stereocenters. The Morgan fingerprint density at radius 2 is 2.23 bits per heavy atom. The number of likely N-dealkylation sites (N-methyl/N-ethyl adjacent to an activating group) is 1. The highest BCUT2D eigenvalue weighted by Gasteiger charge is 2.28. The summed E-state index contributed by atoms with van der Waals surface area (Å²) in [5.41, 5.74) is 2.64. The summed E-state index contributed by atoms with van der Waals surface area (Å²) in [5.74, 6) is 0.0983. The SMILES string of the molecule is CN(C(=O)CN1CCNC(=O)C1)C1CCCc2ccccc21. The highest BCUT2D eigenvalue weighted by atomic mass is 16.2. The molecule has 0 aromatic heterocycles. The van der Waals surface area contributed by atoms with Crippen molar-refractivity contribution < 1.29 is 9.59 Å². The van der Waals surface area contributed by atoms with Crippen LogP contribution in [0.4, 0.5) is 0 Å². The van der Waals surface area contributed by atoms with E-state index in [2.05, 4.69) is 23.5 Å². The number of fused-ring (bicyclic) bond motifs is 1. The lowest BCUT2D eigenvalue weighted by atomic mass is 9.87. The Bertz CT molecular complexity index is 573. The zero-order valence-corrected chi connectivity index (χ0v) is 13.0. The van der Waals surface area contributed by atoms with Crippen LogP contribution >= 0.6 is 0 Å². The number of hydrogen-bond acceptors (Lipinski definition) is 3. The monoisotopic (exact) mass is 301 g/mol. The number of carbonyl (C=O) groups is 2. The van der Waals surface area contributed by atoms with E-state index in [-0.39, 0.29) is 17.9 Å². The van der Waals surface area contributed by atoms with Gasteiger partial charge in [-0.25, -0.2) is 0 Å². The summed E-state index contributed by atoms with van der Waals surface area (Å²) in [6.07, 6.45) is 3.23. The van der Waals surface area contributed by atoms with Crippen molar-refractivity contribution in [2.24, 2.45) is 0 Å². The quantitative estimate of drug-likeness (QED) is 0.904. The maximum absolute atomic E-state index is 12.6. The Hall–Kier alpha value is -1.88. The lowest BCUT2D eigenvalue weighted by Gasteiger charge is -2.35. The minimum absolute atomic E-state index is 0.00437. The van der Waals surface area contributed by atoms with E-state index in [0.29, 0.717) is 19.6 Å². The van der Waals surface area contributed by atoms with Crippen LogP contribution in [0.2, 0.25) is 0 Å². The van der Waals surface area contributed by atoms with Crippen molar-refractivity contribution in [2.75, 3.05) is 33.2 Å². The Morgan fingerprint density at radius 1 is 1.41 bits per heavy atom. The molecule has 5 nitrogen and oxygen atoms in total. The average Bonchev–Trinajstić information content (AvgIpc) is 2.53. The van der Waals surface area contributed by atoms with Gasteiger partial charge in [-0.05, 0) is 30.4 Å². The van der Waals surface area contributed by atoms with Crippen molar-refractivity contribution in [3.05, 3.63) is 35.4 Å². The number of carbonyl (C=O) groups excluding carboxylic acids is 2. The summed E-state index contributed by atoms with van der Waals surface area (Å²) in [6.45, 7) is 2.01. The van der Waals surface area contributed by atoms with E-state index >= 15 is 0 Å². The molecule has 0 saturated carbocycles. The largest absolute Gasteiger partial charge is 0.354 e. The molecule has 1 aromatic carbocycles. The second kappa shape index (κ2) is 6.48. The molecule has 1 aliphatic carbocycles. The summed E-state index contributed by atoms with van der Waals surface area (Å²) in [7, 11) is 1.89. The van der Waals surface area contributed by atoms with Crippen molar-refractivity contribution in [3.8, 4) is 0 Å². The normalized spacial score (nSPS) is 21.9. The minimum Gasteiger partial charge on any atom is -0.354 e. The van der Waals surface area contributed by atoms with Gasteiger partial charge in [0.2, 0.25) is 11.8 Å². The number of rotatable bonds is 3. The minimum atomic E-state index is 0.00437. The Kier molecular flexibility index (Phi) is 4.43. The second-order valence-electron chi connectivity index (χ2n) is 6.17. The summed E-state index contributed by atoms with van der Waals surface area (Å²) < 4.78 is 0. The maximum atomic E-state index is 12.6. The molecule has 1 aromatic rings. The van der Waals surface area contributed by atoms with Crippen LogP contribution in [0.3, 0.4) is 0 Å². The van der Waals surface area contributed by atoms with Gasteiger partial charge in [0.1, 0.15) is 0 Å². The third kappa shape index (κ3) is 3.14. The van der Waals surface area contributed by atoms with Crippen LogP contribution in [0.15, 0.2) is 24.3 Å². The molecule has 1 N–H and O–H groups in total. The lowest BCUT2D eigenvalue weighted by molar-refractivity contribution is -0.135. The van der Waals surface area contributed by atoms with E-state index in [1.54, 1.807) is 0 Å². The van der Waals surface area contributed by atoms with Crippen molar-refractivity contribution >= 4 is 11.8 Å². The van der Waals surface area contributed by atoms with E-state index < -0.39 is 0 Å². The van der Waals surface area contributed by atoms with Gasteiger partial charge in [0.25, 0.3) is 0 Å². The topological polar surface area (TPSA) is 52.7 Å². The van der Waals surface area contributed by atoms with Gasteiger partial charge in [-0.1, -0.05) is 24.3 Å². The number of benzene rings is 1. The number of piperazine rings is 1. The summed E-state index contributed by atoms with van der Waals surface area (Å²) in [6, 6.07) is 8.57. The van der Waals surface area contributed by atoms with Gasteiger partial charge in [-0.3, -0.25) is 14.5 Å². The third-order valence-corrected chi connectivity index (χ3v) is 4.67. The first kappa shape index (κ1) is 15.0. The number of aryl methyl sites for hydroxylation is 1. The van der Waals surface area contributed by atoms with Gasteiger partial charge in [0.15, 0.2) is 0 Å². The van der Waals surface area contributed by atoms with Crippen molar-refractivity contribution in [1.82, 2.24) is 15.1 Å². The zero-order valence-electron chi connectivity index (χ0n) is 13.0. The van der Waals surface area contributed by atoms with Crippen LogP contribution in [0, 0.1) is 0 Å². The predicted molar refractivity (Wildman–Crippen MR) is 84.3 cm³/mol. The molecular formula is C17H23N3O2. The molecule has 0 radical (unpaired) electrons. The Balaban J connectivity index is 1.67. The standard InChI is InChI=1S/C17H23N3O2/c1-19(17(22)12-20-10-9-18-16(21)11-20)15-8-4-6-13-5-2-3-7-14(13)15/h2-3,5,7,15H,4,6,8-12H2,1H3,(H,18,21). The van der Waals surface area contributed by atoms with Crippen LogP contribution in [0.1, 0.15) is 30.0 Å². The van der Waals surface area contributed by atoms with Crippen LogP contribution in [-0.2, 0) is 16.0 Å². The number of hydrogen-bond donors (Lipinski definition) is 1. The molecule has 3 rings (SSSR count). The van der Waals surface area contributed by atoms with E-state index in [1.165, 1.54) is 11.1 Å². The first-order valence-electron chi connectivity index (χ1n) is 7.97. The molecule has 1 atom stereocenters. The molecule has 1 heterocycles. The molecular weight excluding hydrogens is 278 g/mol. The molecule has 0 bridgehead atoms. The summed E-state index contributed by atoms with van der Waals surface area (Å²) >= 11 is 0. The fourth-order valence-corrected chi connectivity index (χ4v) is 3.43. The molecule has 1 fully saturated rings. The van der Waals surface area contributed by atoms with Gasteiger partial charge >= 0.3 is 0 Å². The summed E-state index contributed by atoms with van der Waals surface area (Å²) in [4.78, 5) is 27.8. The zero-order chi connectivity index (χ0) is 15.5. The molecule has 2 amide bonds. The van der Waals surface area contributed by atoms with Crippen molar-refractivity contribution in [1.29, 1.82) is 0 Å². The highest BCUT2D eigenvalue weighted by Crippen LogP contribution is 2.33. The van der Waals surface area contributed by atoms with Crippen LogP contribution in [-0.4, -0.2) is 54.8 Å². The van der Waals surface area contributed by atoms with E-state index in [9.17, 15) is 9.59 Å². The first-order valence-corrected chi connectivity index (χ1v) is 7.97. The molecule has 0 spiro atoms. The van der Waals surface area contributed by atoms with Crippen molar-refractivity contribution in [2.45, 2.75) is 25.3 Å². The average molecular weight is 301 g/mol. The predicted octanol–water partition coefficient (Wildman–Crippen LogP) is 0.954. The van der Waals surface area contributed by atoms with Crippen LogP contribution in [0.25, 0.3) is 0 Å². The fraction of sp³-hybridized carbons (Fsp3) is 0.529. The highest BCUT2D eigenvalue weighted by molar-refractivity contribution is 5.82. The molecule has 118 valence electrons. The fourth-order valence-electron chi connectivity index (χ4n) is 3.43. The molecule has 22 heavy (non-hydrogen) atoms. The summed E-state index contributed by atoms with van der Waals surface area (Å²) in [5, 5.41) is 2.79. The van der Waals surface area contributed by atoms with Gasteiger partial charge in [0.05, 0.1) is 19.1 Å². The Morgan fingerprint density at radius 3 is 3.05 bits per heavy atom. The molecule has 5 heteroatoms. The van der Waals surface area contributed by atoms with Gasteiger partial charge in [-0.2, -0.15) is 0 Å². The van der Waals surface area contributed by atoms with Crippen LogP contribution < -0.4 is 5.32 Å². The molecule has 1 aliphatic heterocycles. The number of amides is 2. The molecule has 2 aliphatic rings. The molecule has 1 saturated heterocycles. The van der Waals surface area contributed by atoms with Gasteiger partial charge < -0.3 is 10.2 Å². The first-order chi connectivity index (χ1) is 10.6. The van der Waals surface area contributed by atoms with Crippen molar-refractivity contribution in [3.63, 3.8) is 0 Å². The second-order valence-corrected chi connectivity index (χ2v) is 6.17. The van der Waals surface area contributed by atoms with Gasteiger partial charge in [-0.15, -0.1) is 0 Å². The van der Waals surface area contributed by atoms with E-state index in [0.717, 1.165) is 25.8 Å². The third-order valence-electron chi connectivity index (χ3n) is 4.67.